The molecule has 1 fully saturated rings. The van der Waals surface area contributed by atoms with Crippen LogP contribution in [-0.4, -0.2) is 43.2 Å². The van der Waals surface area contributed by atoms with Gasteiger partial charge in [-0.3, -0.25) is 0 Å². The summed E-state index contributed by atoms with van der Waals surface area (Å²) in [6, 6.07) is -0.245. The highest BCUT2D eigenvalue weighted by molar-refractivity contribution is 7.91. The molecule has 1 aromatic rings. The normalized spacial score (nSPS) is 22.8. The summed E-state index contributed by atoms with van der Waals surface area (Å²) in [4.78, 5) is 12.6. The number of sulfonamides is 1. The summed E-state index contributed by atoms with van der Waals surface area (Å²) in [7, 11) is -3.90. The van der Waals surface area contributed by atoms with E-state index >= 15 is 0 Å². The summed E-state index contributed by atoms with van der Waals surface area (Å²) in [5.74, 6) is -1.17. The van der Waals surface area contributed by atoms with Gasteiger partial charge in [0.05, 0.1) is 5.56 Å². The summed E-state index contributed by atoms with van der Waals surface area (Å²) < 4.78 is 28.8. The van der Waals surface area contributed by atoms with Crippen molar-refractivity contribution in [3.63, 3.8) is 0 Å². The minimum atomic E-state index is -3.90. The number of carbonyl (C=O) groups is 1. The standard InChI is InChI=1S/C17H27N3O4S2/c1-16(2)7-10(8-17(3,4)20-16)19-26(23,24)15-13(14(21)22)11-5-6-18-9-12(11)25-15/h10,18-20H,5-9H2,1-4H3,(H,21,22). The molecule has 3 heterocycles. The molecule has 26 heavy (non-hydrogen) atoms. The minimum absolute atomic E-state index is 0.0496. The van der Waals surface area contributed by atoms with Crippen molar-refractivity contribution in [1.82, 2.24) is 15.4 Å². The zero-order chi connectivity index (χ0) is 19.3. The summed E-state index contributed by atoms with van der Waals surface area (Å²) in [6.45, 7) is 9.37. The first-order valence-electron chi connectivity index (χ1n) is 8.80. The number of piperidine rings is 1. The van der Waals surface area contributed by atoms with Crippen molar-refractivity contribution in [3.05, 3.63) is 16.0 Å². The summed E-state index contributed by atoms with van der Waals surface area (Å²) >= 11 is 1.08. The number of carboxylic acids is 1. The van der Waals surface area contributed by atoms with E-state index in [0.29, 0.717) is 37.9 Å². The third-order valence-electron chi connectivity index (χ3n) is 4.87. The first-order valence-corrected chi connectivity index (χ1v) is 11.1. The van der Waals surface area contributed by atoms with Crippen molar-refractivity contribution in [3.8, 4) is 0 Å². The predicted molar refractivity (Wildman–Crippen MR) is 101 cm³/mol. The molecule has 0 aromatic carbocycles. The van der Waals surface area contributed by atoms with Gasteiger partial charge in [0.1, 0.15) is 4.21 Å². The smallest absolute Gasteiger partial charge is 0.338 e. The predicted octanol–water partition coefficient (Wildman–Crippen LogP) is 1.68. The van der Waals surface area contributed by atoms with E-state index in [9.17, 15) is 18.3 Å². The number of fused-ring (bicyclic) bond motifs is 1. The van der Waals surface area contributed by atoms with E-state index in [2.05, 4.69) is 15.4 Å². The minimum Gasteiger partial charge on any atom is -0.478 e. The molecule has 7 nitrogen and oxygen atoms in total. The van der Waals surface area contributed by atoms with Crippen LogP contribution in [0.3, 0.4) is 0 Å². The fourth-order valence-electron chi connectivity index (χ4n) is 4.39. The van der Waals surface area contributed by atoms with Gasteiger partial charge in [-0.2, -0.15) is 0 Å². The molecule has 3 rings (SSSR count). The maximum absolute atomic E-state index is 13.1. The van der Waals surface area contributed by atoms with Gasteiger partial charge in [0.25, 0.3) is 10.0 Å². The van der Waals surface area contributed by atoms with Crippen LogP contribution in [-0.2, 0) is 23.0 Å². The van der Waals surface area contributed by atoms with E-state index in [1.165, 1.54) is 0 Å². The Labute approximate surface area is 158 Å². The average molecular weight is 402 g/mol. The average Bonchev–Trinajstić information content (AvgIpc) is 2.83. The van der Waals surface area contributed by atoms with Crippen molar-refractivity contribution in [2.24, 2.45) is 0 Å². The Kier molecular flexibility index (Phi) is 4.98. The van der Waals surface area contributed by atoms with Crippen LogP contribution in [0.4, 0.5) is 0 Å². The fraction of sp³-hybridized carbons (Fsp3) is 0.706. The highest BCUT2D eigenvalue weighted by Crippen LogP contribution is 2.36. The molecule has 0 bridgehead atoms. The second-order valence-corrected chi connectivity index (χ2v) is 11.5. The Morgan fingerprint density at radius 3 is 2.42 bits per heavy atom. The van der Waals surface area contributed by atoms with E-state index in [1.807, 2.05) is 27.7 Å². The Morgan fingerprint density at radius 1 is 1.23 bits per heavy atom. The Balaban J connectivity index is 1.94. The molecular weight excluding hydrogens is 374 g/mol. The molecule has 1 aromatic heterocycles. The SMILES string of the molecule is CC1(C)CC(NS(=O)(=O)c2sc3c(c2C(=O)O)CCNC3)CC(C)(C)N1. The lowest BCUT2D eigenvalue weighted by Crippen LogP contribution is -2.62. The number of carboxylic acid groups (broad SMARTS) is 1. The van der Waals surface area contributed by atoms with E-state index in [0.717, 1.165) is 16.2 Å². The molecule has 146 valence electrons. The highest BCUT2D eigenvalue weighted by Gasteiger charge is 2.40. The first-order chi connectivity index (χ1) is 11.9. The van der Waals surface area contributed by atoms with E-state index in [4.69, 9.17) is 0 Å². The maximum atomic E-state index is 13.1. The molecule has 2 aliphatic heterocycles. The van der Waals surface area contributed by atoms with Crippen LogP contribution in [0, 0.1) is 0 Å². The zero-order valence-electron chi connectivity index (χ0n) is 15.6. The summed E-state index contributed by atoms with van der Waals surface area (Å²) in [5, 5.41) is 16.3. The van der Waals surface area contributed by atoms with Gasteiger partial charge in [0.15, 0.2) is 0 Å². The Hall–Kier alpha value is -1.00. The lowest BCUT2D eigenvalue weighted by Gasteiger charge is -2.46. The van der Waals surface area contributed by atoms with Gasteiger partial charge in [-0.1, -0.05) is 0 Å². The van der Waals surface area contributed by atoms with Crippen LogP contribution >= 0.6 is 11.3 Å². The molecule has 2 aliphatic rings. The second kappa shape index (κ2) is 6.56. The van der Waals surface area contributed by atoms with Crippen molar-refractivity contribution in [2.45, 2.75) is 74.8 Å². The monoisotopic (exact) mass is 401 g/mol. The molecule has 0 unspecified atom stereocenters. The molecule has 0 spiro atoms. The quantitative estimate of drug-likeness (QED) is 0.611. The van der Waals surface area contributed by atoms with Crippen LogP contribution in [0.5, 0.6) is 0 Å². The molecule has 0 atom stereocenters. The Bertz CT molecular complexity index is 811. The van der Waals surface area contributed by atoms with E-state index < -0.39 is 16.0 Å². The van der Waals surface area contributed by atoms with Crippen LogP contribution in [0.2, 0.25) is 0 Å². The third kappa shape index (κ3) is 3.96. The van der Waals surface area contributed by atoms with Crippen molar-refractivity contribution < 1.29 is 18.3 Å². The van der Waals surface area contributed by atoms with Gasteiger partial charge >= 0.3 is 5.97 Å². The number of aromatic carboxylic acids is 1. The van der Waals surface area contributed by atoms with Gasteiger partial charge in [-0.25, -0.2) is 17.9 Å². The highest BCUT2D eigenvalue weighted by atomic mass is 32.2. The molecule has 1 saturated heterocycles. The molecule has 4 N–H and O–H groups in total. The summed E-state index contributed by atoms with van der Waals surface area (Å²) in [6.07, 6.45) is 1.83. The van der Waals surface area contributed by atoms with E-state index in [-0.39, 0.29) is 26.9 Å². The lowest BCUT2D eigenvalue weighted by molar-refractivity contribution is 0.0692. The maximum Gasteiger partial charge on any atom is 0.338 e. The third-order valence-corrected chi connectivity index (χ3v) is 8.14. The molecule has 9 heteroatoms. The first kappa shape index (κ1) is 19.8. The number of hydrogen-bond acceptors (Lipinski definition) is 6. The van der Waals surface area contributed by atoms with Crippen molar-refractivity contribution in [1.29, 1.82) is 0 Å². The Morgan fingerprint density at radius 2 is 1.85 bits per heavy atom. The van der Waals surface area contributed by atoms with Gasteiger partial charge in [-0.05, 0) is 59.1 Å². The second-order valence-electron chi connectivity index (χ2n) is 8.52. The van der Waals surface area contributed by atoms with Crippen molar-refractivity contribution >= 4 is 27.3 Å². The number of thiophene rings is 1. The van der Waals surface area contributed by atoms with Gasteiger partial charge in [0.2, 0.25) is 0 Å². The fourth-order valence-corrected chi connectivity index (χ4v) is 7.51. The van der Waals surface area contributed by atoms with Gasteiger partial charge < -0.3 is 15.7 Å². The van der Waals surface area contributed by atoms with E-state index in [1.54, 1.807) is 0 Å². The van der Waals surface area contributed by atoms with Crippen LogP contribution in [0.25, 0.3) is 0 Å². The zero-order valence-corrected chi connectivity index (χ0v) is 17.2. The van der Waals surface area contributed by atoms with Crippen LogP contribution in [0.1, 0.15) is 61.3 Å². The van der Waals surface area contributed by atoms with Gasteiger partial charge in [0, 0.05) is 28.5 Å². The van der Waals surface area contributed by atoms with Crippen LogP contribution in [0.15, 0.2) is 4.21 Å². The topological polar surface area (TPSA) is 108 Å². The van der Waals surface area contributed by atoms with Crippen LogP contribution < -0.4 is 15.4 Å². The number of nitrogens with one attached hydrogen (secondary N) is 3. The summed E-state index contributed by atoms with van der Waals surface area (Å²) in [5.41, 5.74) is 0.200. The van der Waals surface area contributed by atoms with Crippen molar-refractivity contribution in [2.75, 3.05) is 6.54 Å². The lowest BCUT2D eigenvalue weighted by atomic mass is 9.80. The van der Waals surface area contributed by atoms with Gasteiger partial charge in [-0.15, -0.1) is 11.3 Å². The molecular formula is C17H27N3O4S2. The number of rotatable bonds is 4. The molecule has 0 radical (unpaired) electrons. The molecule has 0 saturated carbocycles. The molecule has 0 amide bonds. The number of hydrogen-bond donors (Lipinski definition) is 4. The molecule has 0 aliphatic carbocycles. The largest absolute Gasteiger partial charge is 0.478 e.